The fourth-order valence-corrected chi connectivity index (χ4v) is 1.74. The van der Waals surface area contributed by atoms with Gasteiger partial charge in [0.05, 0.1) is 23.5 Å². The van der Waals surface area contributed by atoms with Crippen LogP contribution < -0.4 is 5.32 Å². The van der Waals surface area contributed by atoms with Crippen LogP contribution in [0.15, 0.2) is 42.7 Å². The number of amides is 1. The average Bonchev–Trinajstić information content (AvgIpc) is 2.47. The van der Waals surface area contributed by atoms with E-state index in [0.717, 1.165) is 5.56 Å². The number of carbonyl (C=O) groups is 1. The number of anilines is 1. The highest BCUT2D eigenvalue weighted by molar-refractivity contribution is 6.04. The Kier molecular flexibility index (Phi) is 4.11. The quantitative estimate of drug-likeness (QED) is 0.925. The van der Waals surface area contributed by atoms with Crippen LogP contribution in [-0.2, 0) is 0 Å². The number of hydrogen-bond donors (Lipinski definition) is 1. The molecule has 0 fully saturated rings. The van der Waals surface area contributed by atoms with Crippen LogP contribution in [0.25, 0.3) is 0 Å². The Morgan fingerprint density at radius 3 is 2.55 bits per heavy atom. The van der Waals surface area contributed by atoms with Crippen molar-refractivity contribution in [1.29, 1.82) is 5.26 Å². The Balaban J connectivity index is 2.15. The van der Waals surface area contributed by atoms with E-state index in [1.807, 2.05) is 12.1 Å². The molecule has 4 heteroatoms. The molecule has 0 saturated carbocycles. The van der Waals surface area contributed by atoms with Gasteiger partial charge in [-0.2, -0.15) is 5.26 Å². The number of hydrogen-bond acceptors (Lipinski definition) is 3. The lowest BCUT2D eigenvalue weighted by molar-refractivity contribution is 0.102. The van der Waals surface area contributed by atoms with Crippen molar-refractivity contribution in [1.82, 2.24) is 4.98 Å². The highest BCUT2D eigenvalue weighted by Crippen LogP contribution is 2.17. The zero-order valence-electron chi connectivity index (χ0n) is 11.4. The molecule has 20 heavy (non-hydrogen) atoms. The molecule has 0 saturated heterocycles. The minimum atomic E-state index is -0.211. The van der Waals surface area contributed by atoms with Crippen LogP contribution in [0, 0.1) is 11.3 Å². The summed E-state index contributed by atoms with van der Waals surface area (Å²) in [6, 6.07) is 10.4. The van der Waals surface area contributed by atoms with Gasteiger partial charge in [0.15, 0.2) is 0 Å². The third kappa shape index (κ3) is 3.21. The number of nitrogens with zero attached hydrogens (tertiary/aromatic N) is 2. The molecule has 0 spiro atoms. The molecule has 1 amide bonds. The molecule has 0 unspecified atom stereocenters. The number of aromatic nitrogens is 1. The molecule has 0 aliphatic carbocycles. The standard InChI is InChI=1S/C16H15N3O/c1-11(2)14-7-15(10-18-9-14)19-16(20)13-5-3-12(8-17)4-6-13/h3-7,9-11H,1-2H3,(H,19,20). The van der Waals surface area contributed by atoms with Gasteiger partial charge >= 0.3 is 0 Å². The number of nitrogens with one attached hydrogen (secondary N) is 1. The molecular weight excluding hydrogens is 250 g/mol. The van der Waals surface area contributed by atoms with Crippen LogP contribution in [0.5, 0.6) is 0 Å². The van der Waals surface area contributed by atoms with Crippen molar-refractivity contribution in [2.24, 2.45) is 0 Å². The minimum Gasteiger partial charge on any atom is -0.321 e. The lowest BCUT2D eigenvalue weighted by Crippen LogP contribution is -2.12. The van der Waals surface area contributed by atoms with Crippen LogP contribution in [0.4, 0.5) is 5.69 Å². The highest BCUT2D eigenvalue weighted by Gasteiger charge is 2.07. The Labute approximate surface area is 118 Å². The minimum absolute atomic E-state index is 0.211. The Bertz CT molecular complexity index is 654. The normalized spacial score (nSPS) is 10.1. The third-order valence-electron chi connectivity index (χ3n) is 2.96. The van der Waals surface area contributed by atoms with Crippen molar-refractivity contribution < 1.29 is 4.79 Å². The molecule has 0 aliphatic rings. The molecular formula is C16H15N3O. The van der Waals surface area contributed by atoms with Crippen LogP contribution in [0.3, 0.4) is 0 Å². The van der Waals surface area contributed by atoms with E-state index in [-0.39, 0.29) is 5.91 Å². The SMILES string of the molecule is CC(C)c1cncc(NC(=O)c2ccc(C#N)cc2)c1. The van der Waals surface area contributed by atoms with Crippen molar-refractivity contribution >= 4 is 11.6 Å². The molecule has 1 aromatic heterocycles. The molecule has 0 radical (unpaired) electrons. The summed E-state index contributed by atoms with van der Waals surface area (Å²) in [6.45, 7) is 4.15. The number of carbonyl (C=O) groups excluding carboxylic acids is 1. The van der Waals surface area contributed by atoms with Gasteiger partial charge in [-0.1, -0.05) is 13.8 Å². The zero-order chi connectivity index (χ0) is 14.5. The first-order chi connectivity index (χ1) is 9.60. The molecule has 0 bridgehead atoms. The van der Waals surface area contributed by atoms with E-state index in [1.165, 1.54) is 0 Å². The largest absolute Gasteiger partial charge is 0.321 e. The maximum atomic E-state index is 12.1. The van der Waals surface area contributed by atoms with Crippen molar-refractivity contribution in [3.63, 3.8) is 0 Å². The fourth-order valence-electron chi connectivity index (χ4n) is 1.74. The molecule has 2 rings (SSSR count). The molecule has 4 nitrogen and oxygen atoms in total. The second-order valence-electron chi connectivity index (χ2n) is 4.80. The molecule has 2 aromatic rings. The molecule has 1 heterocycles. The van der Waals surface area contributed by atoms with E-state index < -0.39 is 0 Å². The molecule has 0 aliphatic heterocycles. The van der Waals surface area contributed by atoms with E-state index >= 15 is 0 Å². The first kappa shape index (κ1) is 13.8. The lowest BCUT2D eigenvalue weighted by atomic mass is 10.1. The lowest BCUT2D eigenvalue weighted by Gasteiger charge is -2.09. The van der Waals surface area contributed by atoms with E-state index in [1.54, 1.807) is 36.7 Å². The first-order valence-corrected chi connectivity index (χ1v) is 6.36. The Hall–Kier alpha value is -2.67. The highest BCUT2D eigenvalue weighted by atomic mass is 16.1. The number of benzene rings is 1. The van der Waals surface area contributed by atoms with Crippen molar-refractivity contribution in [3.8, 4) is 6.07 Å². The van der Waals surface area contributed by atoms with Crippen molar-refractivity contribution in [2.75, 3.05) is 5.32 Å². The van der Waals surface area contributed by atoms with Crippen LogP contribution in [0.2, 0.25) is 0 Å². The zero-order valence-corrected chi connectivity index (χ0v) is 11.4. The third-order valence-corrected chi connectivity index (χ3v) is 2.96. The summed E-state index contributed by atoms with van der Waals surface area (Å²) in [5.74, 6) is 0.145. The van der Waals surface area contributed by atoms with Gasteiger partial charge in [-0.05, 0) is 41.8 Å². The van der Waals surface area contributed by atoms with Gasteiger partial charge < -0.3 is 5.32 Å². The van der Waals surface area contributed by atoms with Gasteiger partial charge in [0.25, 0.3) is 5.91 Å². The second-order valence-corrected chi connectivity index (χ2v) is 4.80. The van der Waals surface area contributed by atoms with Gasteiger partial charge in [-0.3, -0.25) is 9.78 Å². The number of nitriles is 1. The Morgan fingerprint density at radius 2 is 1.95 bits per heavy atom. The topological polar surface area (TPSA) is 65.8 Å². The van der Waals surface area contributed by atoms with Crippen LogP contribution >= 0.6 is 0 Å². The predicted molar refractivity (Wildman–Crippen MR) is 77.4 cm³/mol. The van der Waals surface area contributed by atoms with Crippen LogP contribution in [0.1, 0.15) is 41.3 Å². The maximum Gasteiger partial charge on any atom is 0.255 e. The summed E-state index contributed by atoms with van der Waals surface area (Å²) in [5.41, 5.74) is 2.79. The van der Waals surface area contributed by atoms with E-state index in [9.17, 15) is 4.79 Å². The summed E-state index contributed by atoms with van der Waals surface area (Å²) in [6.07, 6.45) is 3.41. The molecule has 100 valence electrons. The average molecular weight is 265 g/mol. The summed E-state index contributed by atoms with van der Waals surface area (Å²) in [5, 5.41) is 11.5. The molecule has 1 N–H and O–H groups in total. The predicted octanol–water partition coefficient (Wildman–Crippen LogP) is 3.33. The summed E-state index contributed by atoms with van der Waals surface area (Å²) >= 11 is 0. The van der Waals surface area contributed by atoms with Gasteiger partial charge in [-0.15, -0.1) is 0 Å². The van der Waals surface area contributed by atoms with Gasteiger partial charge in [0.2, 0.25) is 0 Å². The molecule has 0 atom stereocenters. The smallest absolute Gasteiger partial charge is 0.255 e. The molecule has 1 aromatic carbocycles. The summed E-state index contributed by atoms with van der Waals surface area (Å²) in [7, 11) is 0. The maximum absolute atomic E-state index is 12.1. The summed E-state index contributed by atoms with van der Waals surface area (Å²) in [4.78, 5) is 16.2. The summed E-state index contributed by atoms with van der Waals surface area (Å²) < 4.78 is 0. The first-order valence-electron chi connectivity index (χ1n) is 6.36. The van der Waals surface area contributed by atoms with E-state index in [0.29, 0.717) is 22.7 Å². The number of rotatable bonds is 3. The second kappa shape index (κ2) is 5.98. The van der Waals surface area contributed by atoms with Gasteiger partial charge in [-0.25, -0.2) is 0 Å². The van der Waals surface area contributed by atoms with Crippen molar-refractivity contribution in [2.45, 2.75) is 19.8 Å². The van der Waals surface area contributed by atoms with Crippen molar-refractivity contribution in [3.05, 3.63) is 59.4 Å². The fraction of sp³-hybridized carbons (Fsp3) is 0.188. The number of pyridine rings is 1. The van der Waals surface area contributed by atoms with E-state index in [2.05, 4.69) is 24.1 Å². The van der Waals surface area contributed by atoms with Crippen LogP contribution in [-0.4, -0.2) is 10.9 Å². The van der Waals surface area contributed by atoms with Gasteiger partial charge in [0, 0.05) is 11.8 Å². The van der Waals surface area contributed by atoms with E-state index in [4.69, 9.17) is 5.26 Å². The monoisotopic (exact) mass is 265 g/mol. The Morgan fingerprint density at radius 1 is 1.25 bits per heavy atom. The van der Waals surface area contributed by atoms with Gasteiger partial charge in [0.1, 0.15) is 0 Å².